The fourth-order valence-electron chi connectivity index (χ4n) is 2.44. The molecule has 0 bridgehead atoms. The van der Waals surface area contributed by atoms with E-state index in [1.807, 2.05) is 73.1 Å². The van der Waals surface area contributed by atoms with Crippen LogP contribution in [0.4, 0.5) is 0 Å². The molecule has 0 saturated heterocycles. The van der Waals surface area contributed by atoms with Crippen molar-refractivity contribution in [3.8, 4) is 22.9 Å². The highest BCUT2D eigenvalue weighted by molar-refractivity contribution is 6.20. The van der Waals surface area contributed by atoms with Crippen LogP contribution in [0.5, 0.6) is 11.5 Å². The molecule has 0 aliphatic carbocycles. The van der Waals surface area contributed by atoms with Crippen molar-refractivity contribution in [2.24, 2.45) is 0 Å². The number of aromatic nitrogens is 4. The molecule has 0 atom stereocenters. The van der Waals surface area contributed by atoms with Crippen LogP contribution < -0.4 is 9.31 Å². The summed E-state index contributed by atoms with van der Waals surface area (Å²) >= 11 is 0. The lowest BCUT2D eigenvalue weighted by atomic mass is 10.2. The van der Waals surface area contributed by atoms with Crippen molar-refractivity contribution in [3.05, 3.63) is 85.5 Å². The van der Waals surface area contributed by atoms with Gasteiger partial charge < -0.3 is 9.31 Å². The monoisotopic (exact) mass is 330 g/mol. The predicted molar refractivity (Wildman–Crippen MR) is 95.5 cm³/mol. The highest BCUT2D eigenvalue weighted by Crippen LogP contribution is 2.18. The zero-order chi connectivity index (χ0) is 16.9. The van der Waals surface area contributed by atoms with Gasteiger partial charge in [0.25, 0.3) is 0 Å². The summed E-state index contributed by atoms with van der Waals surface area (Å²) in [5.74, 6) is 1.44. The van der Waals surface area contributed by atoms with Gasteiger partial charge in [-0.2, -0.15) is 10.2 Å². The Hall–Kier alpha value is -3.48. The minimum atomic E-state index is 0.116. The zero-order valence-electron chi connectivity index (χ0n) is 13.4. The summed E-state index contributed by atoms with van der Waals surface area (Å²) in [6, 6.07) is 19.1. The first-order chi connectivity index (χ1) is 12.4. The second-order valence-corrected chi connectivity index (χ2v) is 5.30. The number of hydrogen-bond acceptors (Lipinski definition) is 4. The number of nitrogens with zero attached hydrogens (tertiary/aromatic N) is 4. The van der Waals surface area contributed by atoms with E-state index in [1.54, 1.807) is 21.8 Å². The third-order valence-corrected chi connectivity index (χ3v) is 3.62. The maximum Gasteiger partial charge on any atom is 0.576 e. The minimum absolute atomic E-state index is 0.116. The molecule has 122 valence electrons. The van der Waals surface area contributed by atoms with Crippen LogP contribution in [0, 0.1) is 0 Å². The Labute approximate surface area is 145 Å². The molecule has 0 amide bonds. The molecule has 2 heterocycles. The van der Waals surface area contributed by atoms with E-state index in [1.165, 1.54) is 0 Å². The molecule has 4 rings (SSSR count). The first-order valence-electron chi connectivity index (χ1n) is 7.84. The molecule has 0 saturated carbocycles. The van der Waals surface area contributed by atoms with Crippen LogP contribution >= 0.6 is 0 Å². The number of rotatable bonds is 6. The van der Waals surface area contributed by atoms with E-state index in [9.17, 15) is 0 Å². The van der Waals surface area contributed by atoms with Crippen LogP contribution in [0.3, 0.4) is 0 Å². The molecule has 0 aliphatic rings. The normalized spacial score (nSPS) is 10.4. The Bertz CT molecular complexity index is 862. The van der Waals surface area contributed by atoms with Gasteiger partial charge in [0.15, 0.2) is 0 Å². The quantitative estimate of drug-likeness (QED) is 0.510. The largest absolute Gasteiger partial charge is 0.576 e. The predicted octanol–water partition coefficient (Wildman–Crippen LogP) is 2.78. The van der Waals surface area contributed by atoms with Crippen molar-refractivity contribution in [2.75, 3.05) is 0 Å². The van der Waals surface area contributed by atoms with Gasteiger partial charge in [-0.15, -0.1) is 0 Å². The Morgan fingerprint density at radius 3 is 1.64 bits per heavy atom. The van der Waals surface area contributed by atoms with Crippen LogP contribution in [0.25, 0.3) is 11.4 Å². The molecule has 0 N–H and O–H groups in total. The van der Waals surface area contributed by atoms with Gasteiger partial charge in [0.1, 0.15) is 11.5 Å². The van der Waals surface area contributed by atoms with E-state index in [4.69, 9.17) is 9.31 Å². The Morgan fingerprint density at radius 2 is 1.20 bits per heavy atom. The van der Waals surface area contributed by atoms with Crippen molar-refractivity contribution in [1.29, 1.82) is 0 Å². The fraction of sp³-hybridized carbons (Fsp3) is 0. The summed E-state index contributed by atoms with van der Waals surface area (Å²) in [6.07, 6.45) is 7.25. The molecule has 0 unspecified atom stereocenters. The number of benzene rings is 2. The summed E-state index contributed by atoms with van der Waals surface area (Å²) in [4.78, 5) is 0. The van der Waals surface area contributed by atoms with Crippen molar-refractivity contribution < 1.29 is 9.31 Å². The van der Waals surface area contributed by atoms with Gasteiger partial charge in [0.2, 0.25) is 0 Å². The second-order valence-electron chi connectivity index (χ2n) is 5.30. The molecule has 0 fully saturated rings. The molecule has 2 aromatic heterocycles. The molecule has 0 spiro atoms. The Balaban J connectivity index is 1.40. The van der Waals surface area contributed by atoms with Crippen LogP contribution in [-0.4, -0.2) is 27.2 Å². The van der Waals surface area contributed by atoms with E-state index in [0.29, 0.717) is 0 Å². The third kappa shape index (κ3) is 3.55. The molecule has 0 radical (unpaired) electrons. The standard InChI is InChI=1S/C18H15BN4O2/c1-5-15(22-11-3-9-20-22)13-17(7-1)24-19-25-18-8-2-6-16(14-18)23-12-4-10-21-23/h1-14,19H. The van der Waals surface area contributed by atoms with Crippen LogP contribution in [-0.2, 0) is 0 Å². The first kappa shape index (κ1) is 15.1. The maximum absolute atomic E-state index is 5.69. The molecule has 0 aliphatic heterocycles. The number of hydrogen-bond donors (Lipinski definition) is 0. The highest BCUT2D eigenvalue weighted by atomic mass is 16.6. The van der Waals surface area contributed by atoms with Gasteiger partial charge >= 0.3 is 7.69 Å². The van der Waals surface area contributed by atoms with Gasteiger partial charge in [0, 0.05) is 36.9 Å². The highest BCUT2D eigenvalue weighted by Gasteiger charge is 2.04. The van der Waals surface area contributed by atoms with E-state index < -0.39 is 0 Å². The van der Waals surface area contributed by atoms with Crippen molar-refractivity contribution >= 4 is 7.69 Å². The summed E-state index contributed by atoms with van der Waals surface area (Å²) in [7, 11) is 0.116. The molecular weight excluding hydrogens is 315 g/mol. The van der Waals surface area contributed by atoms with Crippen molar-refractivity contribution in [1.82, 2.24) is 19.6 Å². The van der Waals surface area contributed by atoms with Crippen LogP contribution in [0.15, 0.2) is 85.5 Å². The van der Waals surface area contributed by atoms with E-state index >= 15 is 0 Å². The van der Waals surface area contributed by atoms with Crippen LogP contribution in [0.2, 0.25) is 0 Å². The van der Waals surface area contributed by atoms with E-state index in [2.05, 4.69) is 10.2 Å². The summed E-state index contributed by atoms with van der Waals surface area (Å²) in [6.45, 7) is 0. The summed E-state index contributed by atoms with van der Waals surface area (Å²) < 4.78 is 14.9. The van der Waals surface area contributed by atoms with Crippen molar-refractivity contribution in [3.63, 3.8) is 0 Å². The third-order valence-electron chi connectivity index (χ3n) is 3.62. The Morgan fingerprint density at radius 1 is 0.680 bits per heavy atom. The van der Waals surface area contributed by atoms with Crippen LogP contribution in [0.1, 0.15) is 0 Å². The molecule has 25 heavy (non-hydrogen) atoms. The minimum Gasteiger partial charge on any atom is -0.528 e. The smallest absolute Gasteiger partial charge is 0.528 e. The molecule has 2 aromatic carbocycles. The van der Waals surface area contributed by atoms with Crippen molar-refractivity contribution in [2.45, 2.75) is 0 Å². The van der Waals surface area contributed by atoms with Gasteiger partial charge in [-0.3, -0.25) is 0 Å². The van der Waals surface area contributed by atoms with Gasteiger partial charge in [0.05, 0.1) is 11.4 Å². The topological polar surface area (TPSA) is 54.1 Å². The van der Waals surface area contributed by atoms with E-state index in [0.717, 1.165) is 22.9 Å². The molecule has 6 nitrogen and oxygen atoms in total. The molecular formula is C18H15BN4O2. The zero-order valence-corrected chi connectivity index (χ0v) is 13.4. The van der Waals surface area contributed by atoms with Gasteiger partial charge in [-0.1, -0.05) is 12.1 Å². The first-order valence-corrected chi connectivity index (χ1v) is 7.84. The summed E-state index contributed by atoms with van der Waals surface area (Å²) in [5, 5.41) is 8.42. The Kier molecular flexibility index (Phi) is 4.20. The fourth-order valence-corrected chi connectivity index (χ4v) is 2.44. The van der Waals surface area contributed by atoms with E-state index in [-0.39, 0.29) is 7.69 Å². The average Bonchev–Trinajstić information content (AvgIpc) is 3.36. The average molecular weight is 330 g/mol. The SMILES string of the molecule is B(Oc1cccc(-n2cccn2)c1)Oc1cccc(-n2cccn2)c1. The lowest BCUT2D eigenvalue weighted by Crippen LogP contribution is -2.11. The lowest BCUT2D eigenvalue weighted by molar-refractivity contribution is 0.458. The lowest BCUT2D eigenvalue weighted by Gasteiger charge is -2.10. The molecule has 4 aromatic rings. The van der Waals surface area contributed by atoms with Gasteiger partial charge in [-0.25, -0.2) is 9.36 Å². The van der Waals surface area contributed by atoms with Gasteiger partial charge in [-0.05, 0) is 36.4 Å². The summed E-state index contributed by atoms with van der Waals surface area (Å²) in [5.41, 5.74) is 1.87. The second kappa shape index (κ2) is 6.96. The maximum atomic E-state index is 5.69. The molecule has 7 heteroatoms.